The molecule has 84 valence electrons. The smallest absolute Gasteiger partial charge is 0.124 e. The highest BCUT2D eigenvalue weighted by Gasteiger charge is 2.22. The predicted octanol–water partition coefficient (Wildman–Crippen LogP) is 3.42. The van der Waals surface area contributed by atoms with Gasteiger partial charge in [-0.3, -0.25) is 0 Å². The van der Waals surface area contributed by atoms with Crippen LogP contribution in [-0.2, 0) is 5.41 Å². The van der Waals surface area contributed by atoms with E-state index >= 15 is 0 Å². The average Bonchev–Trinajstić information content (AvgIpc) is 2.24. The Balaban J connectivity index is 3.27. The van der Waals surface area contributed by atoms with Crippen molar-refractivity contribution in [2.75, 3.05) is 6.61 Å². The first-order valence-electron chi connectivity index (χ1n) is 5.28. The Hall–Kier alpha value is -1.75. The first-order chi connectivity index (χ1) is 7.50. The Labute approximate surface area is 97.2 Å². The van der Waals surface area contributed by atoms with Crippen LogP contribution in [0.15, 0.2) is 30.9 Å². The third-order valence-corrected chi connectivity index (χ3v) is 2.25. The molecule has 1 aromatic carbocycles. The summed E-state index contributed by atoms with van der Waals surface area (Å²) >= 11 is 0. The largest absolute Gasteiger partial charge is 0.489 e. The topological polar surface area (TPSA) is 33.0 Å². The van der Waals surface area contributed by atoms with E-state index in [0.717, 1.165) is 11.3 Å². The minimum absolute atomic E-state index is 0.108. The first kappa shape index (κ1) is 12.3. The van der Waals surface area contributed by atoms with Crippen LogP contribution in [0.2, 0.25) is 0 Å². The second-order valence-electron chi connectivity index (χ2n) is 4.64. The molecule has 0 aliphatic rings. The quantitative estimate of drug-likeness (QED) is 0.724. The minimum Gasteiger partial charge on any atom is -0.489 e. The molecule has 1 aromatic rings. The molecule has 0 amide bonds. The molecule has 0 N–H and O–H groups in total. The van der Waals surface area contributed by atoms with Gasteiger partial charge in [0.2, 0.25) is 0 Å². The molecule has 0 radical (unpaired) electrons. The standard InChI is InChI=1S/C14H17NO/c1-5-9-16-12-8-6-7-11(10-15)13(12)14(2,3)4/h5-8H,1,9H2,2-4H3. The second-order valence-corrected chi connectivity index (χ2v) is 4.64. The fraction of sp³-hybridized carbons (Fsp3) is 0.357. The Kier molecular flexibility index (Phi) is 3.73. The molecule has 0 aromatic heterocycles. The van der Waals surface area contributed by atoms with Crippen LogP contribution in [0.3, 0.4) is 0 Å². The molecular weight excluding hydrogens is 198 g/mol. The summed E-state index contributed by atoms with van der Waals surface area (Å²) < 4.78 is 5.59. The van der Waals surface area contributed by atoms with Crippen LogP contribution in [0, 0.1) is 11.3 Å². The Morgan fingerprint density at radius 1 is 1.44 bits per heavy atom. The van der Waals surface area contributed by atoms with Crippen LogP contribution < -0.4 is 4.74 Å². The van der Waals surface area contributed by atoms with E-state index in [9.17, 15) is 0 Å². The first-order valence-corrected chi connectivity index (χ1v) is 5.28. The number of rotatable bonds is 3. The Bertz CT molecular complexity index is 421. The number of ether oxygens (including phenoxy) is 1. The summed E-state index contributed by atoms with van der Waals surface area (Å²) in [7, 11) is 0. The summed E-state index contributed by atoms with van der Waals surface area (Å²) in [5, 5.41) is 9.11. The lowest BCUT2D eigenvalue weighted by Gasteiger charge is -2.23. The van der Waals surface area contributed by atoms with Crippen molar-refractivity contribution in [2.45, 2.75) is 26.2 Å². The molecule has 16 heavy (non-hydrogen) atoms. The lowest BCUT2D eigenvalue weighted by atomic mass is 9.83. The molecule has 0 unspecified atom stereocenters. The van der Waals surface area contributed by atoms with Crippen LogP contribution in [0.4, 0.5) is 0 Å². The molecule has 0 saturated carbocycles. The summed E-state index contributed by atoms with van der Waals surface area (Å²) in [5.41, 5.74) is 1.52. The summed E-state index contributed by atoms with van der Waals surface area (Å²) in [6.45, 7) is 10.3. The molecule has 2 heteroatoms. The van der Waals surface area contributed by atoms with E-state index in [-0.39, 0.29) is 5.41 Å². The molecule has 0 heterocycles. The third kappa shape index (κ3) is 2.64. The number of hydrogen-bond acceptors (Lipinski definition) is 2. The highest BCUT2D eigenvalue weighted by Crippen LogP contribution is 2.34. The fourth-order valence-corrected chi connectivity index (χ4v) is 1.67. The van der Waals surface area contributed by atoms with Gasteiger partial charge in [0.05, 0.1) is 11.6 Å². The lowest BCUT2D eigenvalue weighted by molar-refractivity contribution is 0.351. The molecule has 0 aliphatic carbocycles. The highest BCUT2D eigenvalue weighted by molar-refractivity contribution is 5.50. The van der Waals surface area contributed by atoms with E-state index in [2.05, 4.69) is 33.4 Å². The van der Waals surface area contributed by atoms with E-state index in [4.69, 9.17) is 10.00 Å². The van der Waals surface area contributed by atoms with Gasteiger partial charge in [-0.05, 0) is 17.5 Å². The van der Waals surface area contributed by atoms with E-state index in [1.54, 1.807) is 6.08 Å². The van der Waals surface area contributed by atoms with Gasteiger partial charge in [0.1, 0.15) is 12.4 Å². The van der Waals surface area contributed by atoms with E-state index in [0.29, 0.717) is 12.2 Å². The highest BCUT2D eigenvalue weighted by atomic mass is 16.5. The van der Waals surface area contributed by atoms with Crippen molar-refractivity contribution >= 4 is 0 Å². The van der Waals surface area contributed by atoms with Crippen molar-refractivity contribution in [1.82, 2.24) is 0 Å². The third-order valence-electron chi connectivity index (χ3n) is 2.25. The SMILES string of the molecule is C=CCOc1cccc(C#N)c1C(C)(C)C. The lowest BCUT2D eigenvalue weighted by Crippen LogP contribution is -2.15. The average molecular weight is 215 g/mol. The van der Waals surface area contributed by atoms with Crippen molar-refractivity contribution in [3.05, 3.63) is 42.0 Å². The molecule has 0 fully saturated rings. The number of nitrogens with zero attached hydrogens (tertiary/aromatic N) is 1. The van der Waals surface area contributed by atoms with Gasteiger partial charge in [0, 0.05) is 5.56 Å². The molecular formula is C14H17NO. The zero-order valence-electron chi connectivity index (χ0n) is 10.1. The molecule has 0 atom stereocenters. The predicted molar refractivity (Wildman–Crippen MR) is 65.5 cm³/mol. The van der Waals surface area contributed by atoms with Crippen LogP contribution >= 0.6 is 0 Å². The van der Waals surface area contributed by atoms with E-state index < -0.39 is 0 Å². The normalized spacial score (nSPS) is 10.6. The van der Waals surface area contributed by atoms with Crippen molar-refractivity contribution in [1.29, 1.82) is 5.26 Å². The molecule has 0 aliphatic heterocycles. The van der Waals surface area contributed by atoms with Crippen LogP contribution in [0.25, 0.3) is 0 Å². The Morgan fingerprint density at radius 2 is 2.12 bits per heavy atom. The van der Waals surface area contributed by atoms with Crippen molar-refractivity contribution in [3.63, 3.8) is 0 Å². The summed E-state index contributed by atoms with van der Waals surface area (Å²) in [6, 6.07) is 7.77. The minimum atomic E-state index is -0.108. The molecule has 0 bridgehead atoms. The number of nitriles is 1. The zero-order valence-corrected chi connectivity index (χ0v) is 10.1. The number of hydrogen-bond donors (Lipinski definition) is 0. The van der Waals surface area contributed by atoms with Crippen molar-refractivity contribution < 1.29 is 4.74 Å². The van der Waals surface area contributed by atoms with Gasteiger partial charge in [-0.1, -0.05) is 39.5 Å². The number of benzene rings is 1. The monoisotopic (exact) mass is 215 g/mol. The van der Waals surface area contributed by atoms with Gasteiger partial charge in [0.15, 0.2) is 0 Å². The molecule has 0 saturated heterocycles. The van der Waals surface area contributed by atoms with Gasteiger partial charge in [-0.2, -0.15) is 5.26 Å². The van der Waals surface area contributed by atoms with Crippen LogP contribution in [-0.4, -0.2) is 6.61 Å². The second kappa shape index (κ2) is 4.85. The fourth-order valence-electron chi connectivity index (χ4n) is 1.67. The maximum Gasteiger partial charge on any atom is 0.124 e. The van der Waals surface area contributed by atoms with E-state index in [1.165, 1.54) is 0 Å². The summed E-state index contributed by atoms with van der Waals surface area (Å²) in [6.07, 6.45) is 1.70. The van der Waals surface area contributed by atoms with Gasteiger partial charge in [-0.25, -0.2) is 0 Å². The summed E-state index contributed by atoms with van der Waals surface area (Å²) in [5.74, 6) is 0.770. The zero-order chi connectivity index (χ0) is 12.2. The van der Waals surface area contributed by atoms with Gasteiger partial charge < -0.3 is 4.74 Å². The maximum atomic E-state index is 9.11. The van der Waals surface area contributed by atoms with Crippen molar-refractivity contribution in [3.8, 4) is 11.8 Å². The van der Waals surface area contributed by atoms with Gasteiger partial charge >= 0.3 is 0 Å². The molecule has 2 nitrogen and oxygen atoms in total. The molecule has 0 spiro atoms. The van der Waals surface area contributed by atoms with Gasteiger partial charge in [0.25, 0.3) is 0 Å². The van der Waals surface area contributed by atoms with Crippen LogP contribution in [0.1, 0.15) is 31.9 Å². The maximum absolute atomic E-state index is 9.11. The van der Waals surface area contributed by atoms with E-state index in [1.807, 2.05) is 18.2 Å². The van der Waals surface area contributed by atoms with Crippen molar-refractivity contribution in [2.24, 2.45) is 0 Å². The summed E-state index contributed by atoms with van der Waals surface area (Å²) in [4.78, 5) is 0. The van der Waals surface area contributed by atoms with Crippen LogP contribution in [0.5, 0.6) is 5.75 Å². The Morgan fingerprint density at radius 3 is 2.62 bits per heavy atom. The molecule has 1 rings (SSSR count). The van der Waals surface area contributed by atoms with Gasteiger partial charge in [-0.15, -0.1) is 0 Å².